The molecule has 0 saturated carbocycles. The number of anilines is 1. The number of nitrogens with zero attached hydrogens (tertiary/aromatic N) is 1. The van der Waals surface area contributed by atoms with Gasteiger partial charge in [0, 0.05) is 10.8 Å². The van der Waals surface area contributed by atoms with Crippen molar-refractivity contribution in [1.29, 1.82) is 0 Å². The first-order chi connectivity index (χ1) is 9.06. The smallest absolute Gasteiger partial charge is 0.355 e. The van der Waals surface area contributed by atoms with E-state index in [-0.39, 0.29) is 17.8 Å². The van der Waals surface area contributed by atoms with E-state index >= 15 is 0 Å². The van der Waals surface area contributed by atoms with Gasteiger partial charge in [-0.15, -0.1) is 11.3 Å². The molecular weight excluding hydrogens is 286 g/mol. The van der Waals surface area contributed by atoms with E-state index in [0.29, 0.717) is 5.01 Å². The lowest BCUT2D eigenvalue weighted by atomic mass is 10.3. The molecule has 0 aliphatic carbocycles. The number of thiazole rings is 1. The van der Waals surface area contributed by atoms with E-state index in [9.17, 15) is 9.59 Å². The predicted molar refractivity (Wildman–Crippen MR) is 74.0 cm³/mol. The molecule has 0 aliphatic heterocycles. The maximum absolute atomic E-state index is 11.7. The van der Waals surface area contributed by atoms with Crippen LogP contribution in [0.3, 0.4) is 0 Å². The van der Waals surface area contributed by atoms with Gasteiger partial charge in [0.25, 0.3) is 0 Å². The molecule has 19 heavy (non-hydrogen) atoms. The van der Waals surface area contributed by atoms with Gasteiger partial charge in [-0.3, -0.25) is 0 Å². The molecule has 0 aliphatic rings. The zero-order valence-corrected chi connectivity index (χ0v) is 11.5. The second-order valence-corrected chi connectivity index (χ2v) is 5.38. The first-order valence-electron chi connectivity index (χ1n) is 5.34. The standard InChI is InChI=1S/C11H11N3O3S2/c1-6(9-14-8(5-19-9)10(15)16)12-11(17)13-7-2-3-18-4-7/h2-6H,1H3,(H,15,16)(H2,12,13,17). The lowest BCUT2D eigenvalue weighted by molar-refractivity contribution is 0.0691. The Hall–Kier alpha value is -1.93. The Labute approximate surface area is 117 Å². The summed E-state index contributed by atoms with van der Waals surface area (Å²) in [6.07, 6.45) is 0. The van der Waals surface area contributed by atoms with Gasteiger partial charge in [0.15, 0.2) is 5.69 Å². The Morgan fingerprint density at radius 1 is 1.42 bits per heavy atom. The molecule has 2 heterocycles. The minimum Gasteiger partial charge on any atom is -0.476 e. The van der Waals surface area contributed by atoms with Crippen molar-refractivity contribution in [3.05, 3.63) is 32.9 Å². The highest BCUT2D eigenvalue weighted by Crippen LogP contribution is 2.18. The summed E-state index contributed by atoms with van der Waals surface area (Å²) in [7, 11) is 0. The van der Waals surface area contributed by atoms with Gasteiger partial charge in [-0.2, -0.15) is 11.3 Å². The number of hydrogen-bond acceptors (Lipinski definition) is 5. The molecule has 0 bridgehead atoms. The van der Waals surface area contributed by atoms with Crippen molar-refractivity contribution in [2.75, 3.05) is 5.32 Å². The van der Waals surface area contributed by atoms with Gasteiger partial charge >= 0.3 is 12.0 Å². The molecule has 0 fully saturated rings. The highest BCUT2D eigenvalue weighted by molar-refractivity contribution is 7.10. The number of aromatic nitrogens is 1. The average Bonchev–Trinajstić information content (AvgIpc) is 2.98. The van der Waals surface area contributed by atoms with Crippen LogP contribution in [-0.2, 0) is 0 Å². The van der Waals surface area contributed by atoms with Gasteiger partial charge in [0.1, 0.15) is 5.01 Å². The number of carbonyl (C=O) groups excluding carboxylic acids is 1. The molecular formula is C11H11N3O3S2. The van der Waals surface area contributed by atoms with Crippen molar-refractivity contribution in [1.82, 2.24) is 10.3 Å². The van der Waals surface area contributed by atoms with Crippen LogP contribution in [0.1, 0.15) is 28.5 Å². The quantitative estimate of drug-likeness (QED) is 0.809. The first-order valence-corrected chi connectivity index (χ1v) is 7.17. The van der Waals surface area contributed by atoms with Gasteiger partial charge in [-0.1, -0.05) is 0 Å². The summed E-state index contributed by atoms with van der Waals surface area (Å²) in [4.78, 5) is 26.3. The van der Waals surface area contributed by atoms with Crippen LogP contribution in [-0.4, -0.2) is 22.1 Å². The molecule has 100 valence electrons. The van der Waals surface area contributed by atoms with Crippen LogP contribution >= 0.6 is 22.7 Å². The summed E-state index contributed by atoms with van der Waals surface area (Å²) in [5, 5.41) is 19.8. The molecule has 0 radical (unpaired) electrons. The van der Waals surface area contributed by atoms with E-state index in [1.165, 1.54) is 28.1 Å². The summed E-state index contributed by atoms with van der Waals surface area (Å²) < 4.78 is 0. The normalized spacial score (nSPS) is 11.8. The molecule has 1 atom stereocenters. The Kier molecular flexibility index (Phi) is 4.13. The number of aromatic carboxylic acids is 1. The van der Waals surface area contributed by atoms with Crippen LogP contribution in [0.4, 0.5) is 10.5 Å². The maximum atomic E-state index is 11.7. The van der Waals surface area contributed by atoms with Crippen molar-refractivity contribution >= 4 is 40.4 Å². The summed E-state index contributed by atoms with van der Waals surface area (Å²) >= 11 is 2.69. The minimum absolute atomic E-state index is 0.00751. The lowest BCUT2D eigenvalue weighted by Crippen LogP contribution is -2.31. The molecule has 6 nitrogen and oxygen atoms in total. The number of carboxylic acids is 1. The molecule has 3 N–H and O–H groups in total. The summed E-state index contributed by atoms with van der Waals surface area (Å²) in [6, 6.07) is 1.09. The Morgan fingerprint density at radius 3 is 2.79 bits per heavy atom. The van der Waals surface area contributed by atoms with Crippen LogP contribution in [0.15, 0.2) is 22.2 Å². The van der Waals surface area contributed by atoms with Gasteiger partial charge in [-0.25, -0.2) is 14.6 Å². The van der Waals surface area contributed by atoms with Crippen LogP contribution in [0.25, 0.3) is 0 Å². The number of amides is 2. The van der Waals surface area contributed by atoms with E-state index in [1.54, 1.807) is 13.0 Å². The molecule has 1 unspecified atom stereocenters. The number of rotatable bonds is 4. The summed E-state index contributed by atoms with van der Waals surface area (Å²) in [5.74, 6) is -1.07. The first kappa shape index (κ1) is 13.5. The summed E-state index contributed by atoms with van der Waals surface area (Å²) in [6.45, 7) is 1.75. The van der Waals surface area contributed by atoms with Gasteiger partial charge in [-0.05, 0) is 18.4 Å². The zero-order valence-electron chi connectivity index (χ0n) is 9.91. The van der Waals surface area contributed by atoms with Crippen molar-refractivity contribution in [3.63, 3.8) is 0 Å². The van der Waals surface area contributed by atoms with E-state index in [1.807, 2.05) is 10.8 Å². The topological polar surface area (TPSA) is 91.3 Å². The van der Waals surface area contributed by atoms with E-state index in [2.05, 4.69) is 15.6 Å². The maximum Gasteiger partial charge on any atom is 0.355 e. The number of carbonyl (C=O) groups is 2. The van der Waals surface area contributed by atoms with Crippen LogP contribution < -0.4 is 10.6 Å². The highest BCUT2D eigenvalue weighted by Gasteiger charge is 2.15. The third-order valence-electron chi connectivity index (χ3n) is 2.24. The van der Waals surface area contributed by atoms with Gasteiger partial charge < -0.3 is 15.7 Å². The van der Waals surface area contributed by atoms with Crippen LogP contribution in [0, 0.1) is 0 Å². The molecule has 2 amide bonds. The second-order valence-electron chi connectivity index (χ2n) is 3.71. The van der Waals surface area contributed by atoms with Gasteiger partial charge in [0.2, 0.25) is 0 Å². The molecule has 0 aromatic carbocycles. The number of thiophene rings is 1. The predicted octanol–water partition coefficient (Wildman–Crippen LogP) is 2.79. The molecule has 2 aromatic rings. The van der Waals surface area contributed by atoms with Gasteiger partial charge in [0.05, 0.1) is 11.7 Å². The van der Waals surface area contributed by atoms with E-state index in [0.717, 1.165) is 5.69 Å². The third-order valence-corrected chi connectivity index (χ3v) is 3.95. The monoisotopic (exact) mass is 297 g/mol. The molecule has 0 spiro atoms. The fourth-order valence-electron chi connectivity index (χ4n) is 1.35. The number of carboxylic acid groups (broad SMARTS) is 1. The molecule has 8 heteroatoms. The molecule has 0 saturated heterocycles. The molecule has 2 aromatic heterocycles. The second kappa shape index (κ2) is 5.81. The average molecular weight is 297 g/mol. The number of nitrogens with one attached hydrogen (secondary N) is 2. The number of hydrogen-bond donors (Lipinski definition) is 3. The summed E-state index contributed by atoms with van der Waals surface area (Å²) in [5.41, 5.74) is 0.715. The fourth-order valence-corrected chi connectivity index (χ4v) is 2.73. The van der Waals surface area contributed by atoms with Crippen molar-refractivity contribution in [3.8, 4) is 0 Å². The van der Waals surface area contributed by atoms with Crippen molar-refractivity contribution in [2.45, 2.75) is 13.0 Å². The zero-order chi connectivity index (χ0) is 13.8. The Balaban J connectivity index is 1.94. The van der Waals surface area contributed by atoms with E-state index < -0.39 is 5.97 Å². The SMILES string of the molecule is CC(NC(=O)Nc1ccsc1)c1nc(C(=O)O)cs1. The third kappa shape index (κ3) is 3.52. The number of urea groups is 1. The Morgan fingerprint density at radius 2 is 2.21 bits per heavy atom. The molecule has 2 rings (SSSR count). The fraction of sp³-hybridized carbons (Fsp3) is 0.182. The van der Waals surface area contributed by atoms with Crippen molar-refractivity contribution < 1.29 is 14.7 Å². The highest BCUT2D eigenvalue weighted by atomic mass is 32.1. The van der Waals surface area contributed by atoms with E-state index in [4.69, 9.17) is 5.11 Å². The van der Waals surface area contributed by atoms with Crippen molar-refractivity contribution in [2.24, 2.45) is 0 Å². The van der Waals surface area contributed by atoms with Crippen LogP contribution in [0.2, 0.25) is 0 Å². The largest absolute Gasteiger partial charge is 0.476 e. The minimum atomic E-state index is -1.07. The Bertz CT molecular complexity index is 580. The van der Waals surface area contributed by atoms with Crippen LogP contribution in [0.5, 0.6) is 0 Å². The lowest BCUT2D eigenvalue weighted by Gasteiger charge is -2.11.